The Hall–Kier alpha value is -6.66. The lowest BCUT2D eigenvalue weighted by atomic mass is 9.83. The number of rotatable bonds is 4. The molecule has 0 atom stereocenters. The fraction of sp³-hybridized carbons (Fsp3) is 0. The average molecular weight is 613 g/mol. The molecule has 0 bridgehead atoms. The van der Waals surface area contributed by atoms with E-state index in [4.69, 9.17) is 20.1 Å². The third-order valence-corrected chi connectivity index (χ3v) is 9.28. The fourth-order valence-corrected chi connectivity index (χ4v) is 7.15. The van der Waals surface area contributed by atoms with Crippen LogP contribution < -0.4 is 10.7 Å². The molecule has 2 aliphatic heterocycles. The molecule has 0 saturated carbocycles. The van der Waals surface area contributed by atoms with Gasteiger partial charge in [0.1, 0.15) is 5.69 Å². The van der Waals surface area contributed by atoms with Gasteiger partial charge in [-0.15, -0.1) is 10.2 Å². The molecule has 10 rings (SSSR count). The molecule has 0 unspecified atom stereocenters. The van der Waals surface area contributed by atoms with Crippen molar-refractivity contribution in [3.63, 3.8) is 0 Å². The van der Waals surface area contributed by atoms with E-state index in [1.165, 1.54) is 0 Å². The minimum atomic E-state index is 0.714. The first kappa shape index (κ1) is 26.5. The molecule has 6 heteroatoms. The zero-order chi connectivity index (χ0) is 31.6. The summed E-state index contributed by atoms with van der Waals surface area (Å²) in [6.45, 7) is 0. The summed E-state index contributed by atoms with van der Waals surface area (Å²) in [6.07, 6.45) is 1.81. The molecule has 0 amide bonds. The van der Waals surface area contributed by atoms with Crippen molar-refractivity contribution in [2.75, 3.05) is 0 Å². The number of nitrogens with zero attached hydrogens (tertiary/aromatic N) is 6. The van der Waals surface area contributed by atoms with E-state index in [0.29, 0.717) is 5.69 Å². The van der Waals surface area contributed by atoms with E-state index in [1.807, 2.05) is 42.5 Å². The molecule has 6 nitrogen and oxygen atoms in total. The van der Waals surface area contributed by atoms with Gasteiger partial charge in [0, 0.05) is 43.6 Å². The van der Waals surface area contributed by atoms with Gasteiger partial charge < -0.3 is 0 Å². The predicted octanol–water partition coefficient (Wildman–Crippen LogP) is 8.57. The van der Waals surface area contributed by atoms with Crippen LogP contribution in [0, 0.1) is 10.4 Å². The number of benzene rings is 6. The topological polar surface area (TPSA) is 76.3 Å². The number of hydrogen-bond acceptors (Lipinski definition) is 6. The molecule has 0 N–H and O–H groups in total. The maximum absolute atomic E-state index is 5.29. The Kier molecular flexibility index (Phi) is 5.77. The first-order valence-corrected chi connectivity index (χ1v) is 15.9. The lowest BCUT2D eigenvalue weighted by Gasteiger charge is -2.21. The molecule has 6 aromatic carbocycles. The fourth-order valence-electron chi connectivity index (χ4n) is 7.15. The van der Waals surface area contributed by atoms with E-state index in [2.05, 4.69) is 107 Å². The standard InChI is InChI=1S/C42H24N6/c1-3-11-25(12-4-1)30-23-36-38(39-35(45-36)22-20-29-28-16-8-10-18-33(28)46-41(29)39)40(37(30)34-21-19-27-15-7-9-17-32(27)44-34)42-31(24-43-48-47-42)26-13-5-2-6-14-26/h1-24H. The Morgan fingerprint density at radius 1 is 0.479 bits per heavy atom. The average Bonchev–Trinajstić information content (AvgIpc) is 3.73. The highest BCUT2D eigenvalue weighted by Gasteiger charge is 2.31. The molecule has 0 saturated heterocycles. The third-order valence-electron chi connectivity index (χ3n) is 9.28. The summed E-state index contributed by atoms with van der Waals surface area (Å²) in [7, 11) is 0. The second kappa shape index (κ2) is 10.4. The van der Waals surface area contributed by atoms with E-state index in [-0.39, 0.29) is 0 Å². The van der Waals surface area contributed by atoms with Crippen molar-refractivity contribution in [3.05, 3.63) is 167 Å². The third kappa shape index (κ3) is 3.99. The normalized spacial score (nSPS) is 12.1. The highest BCUT2D eigenvalue weighted by atomic mass is 15.3. The molecule has 2 aliphatic rings. The van der Waals surface area contributed by atoms with Gasteiger partial charge in [-0.1, -0.05) is 103 Å². The minimum Gasteiger partial charge on any atom is -0.248 e. The van der Waals surface area contributed by atoms with Crippen LogP contribution in [-0.2, 0) is 0 Å². The van der Waals surface area contributed by atoms with Crippen LogP contribution in [0.1, 0.15) is 0 Å². The first-order valence-electron chi connectivity index (χ1n) is 15.9. The Balaban J connectivity index is 1.41. The maximum Gasteiger partial charge on any atom is 0.106 e. The van der Waals surface area contributed by atoms with Crippen molar-refractivity contribution in [1.82, 2.24) is 20.4 Å². The molecular formula is C42H24N6. The lowest BCUT2D eigenvalue weighted by molar-refractivity contribution is 0.873. The van der Waals surface area contributed by atoms with Gasteiger partial charge in [0.05, 0.1) is 39.5 Å². The van der Waals surface area contributed by atoms with Crippen LogP contribution in [0.3, 0.4) is 0 Å². The van der Waals surface area contributed by atoms with Crippen molar-refractivity contribution in [2.24, 2.45) is 9.98 Å². The Morgan fingerprint density at radius 3 is 2.08 bits per heavy atom. The first-order chi connectivity index (χ1) is 23.8. The molecule has 48 heavy (non-hydrogen) atoms. The Labute approximate surface area is 274 Å². The highest BCUT2D eigenvalue weighted by Crippen LogP contribution is 2.53. The SMILES string of the molecule is c1ccc(-c2cnnnc2-c2c3c(cc(-c4ccccc4)c2-c2ccc4ccccc4n2)N=c2ccc4c(c2-3)N=c2ccccc2=4)cc1. The molecule has 0 radical (unpaired) electrons. The summed E-state index contributed by atoms with van der Waals surface area (Å²) in [4.78, 5) is 15.8. The van der Waals surface area contributed by atoms with Crippen molar-refractivity contribution >= 4 is 22.3 Å². The number of aromatic nitrogens is 4. The van der Waals surface area contributed by atoms with Crippen LogP contribution in [0.2, 0.25) is 0 Å². The smallest absolute Gasteiger partial charge is 0.106 e. The van der Waals surface area contributed by atoms with Gasteiger partial charge in [-0.2, -0.15) is 0 Å². The van der Waals surface area contributed by atoms with Crippen LogP contribution in [0.15, 0.2) is 156 Å². The second-order valence-corrected chi connectivity index (χ2v) is 12.0. The van der Waals surface area contributed by atoms with Gasteiger partial charge in [-0.3, -0.25) is 0 Å². The molecule has 8 aromatic rings. The van der Waals surface area contributed by atoms with E-state index in [9.17, 15) is 0 Å². The molecular weight excluding hydrogens is 589 g/mol. The largest absolute Gasteiger partial charge is 0.248 e. The number of pyridine rings is 1. The van der Waals surface area contributed by atoms with Crippen LogP contribution in [0.4, 0.5) is 11.4 Å². The molecule has 0 aliphatic carbocycles. The molecule has 2 aromatic heterocycles. The van der Waals surface area contributed by atoms with Gasteiger partial charge in [-0.05, 0) is 58.3 Å². The zero-order valence-electron chi connectivity index (χ0n) is 25.5. The molecule has 4 heterocycles. The predicted molar refractivity (Wildman–Crippen MR) is 188 cm³/mol. The van der Waals surface area contributed by atoms with E-state index >= 15 is 0 Å². The monoisotopic (exact) mass is 612 g/mol. The van der Waals surface area contributed by atoms with Crippen molar-refractivity contribution in [3.8, 4) is 55.9 Å². The van der Waals surface area contributed by atoms with Gasteiger partial charge in [0.15, 0.2) is 0 Å². The van der Waals surface area contributed by atoms with Crippen molar-refractivity contribution in [1.29, 1.82) is 0 Å². The van der Waals surface area contributed by atoms with E-state index in [1.54, 1.807) is 6.20 Å². The molecule has 0 spiro atoms. The lowest BCUT2D eigenvalue weighted by Crippen LogP contribution is -2.04. The molecule has 222 valence electrons. The Morgan fingerprint density at radius 2 is 1.23 bits per heavy atom. The highest BCUT2D eigenvalue weighted by molar-refractivity contribution is 6.09. The number of hydrogen-bond donors (Lipinski definition) is 0. The van der Waals surface area contributed by atoms with Gasteiger partial charge in [-0.25, -0.2) is 15.0 Å². The summed E-state index contributed by atoms with van der Waals surface area (Å²) >= 11 is 0. The summed E-state index contributed by atoms with van der Waals surface area (Å²) < 4.78 is 0. The Bertz CT molecular complexity index is 2830. The van der Waals surface area contributed by atoms with Crippen molar-refractivity contribution in [2.45, 2.75) is 0 Å². The summed E-state index contributed by atoms with van der Waals surface area (Å²) in [6, 6.07) is 47.9. The zero-order valence-corrected chi connectivity index (χ0v) is 25.5. The van der Waals surface area contributed by atoms with Crippen molar-refractivity contribution < 1.29 is 0 Å². The van der Waals surface area contributed by atoms with E-state index < -0.39 is 0 Å². The van der Waals surface area contributed by atoms with Gasteiger partial charge >= 0.3 is 0 Å². The molecule has 0 fully saturated rings. The van der Waals surface area contributed by atoms with E-state index in [0.717, 1.165) is 93.6 Å². The van der Waals surface area contributed by atoms with Crippen LogP contribution >= 0.6 is 0 Å². The summed E-state index contributed by atoms with van der Waals surface area (Å²) in [5.41, 5.74) is 12.0. The van der Waals surface area contributed by atoms with Crippen LogP contribution in [0.5, 0.6) is 0 Å². The van der Waals surface area contributed by atoms with Crippen LogP contribution in [0.25, 0.3) is 66.8 Å². The second-order valence-electron chi connectivity index (χ2n) is 12.0. The minimum absolute atomic E-state index is 0.714. The van der Waals surface area contributed by atoms with Crippen LogP contribution in [-0.4, -0.2) is 20.4 Å². The number of para-hydroxylation sites is 2. The van der Waals surface area contributed by atoms with Gasteiger partial charge in [0.2, 0.25) is 0 Å². The summed E-state index contributed by atoms with van der Waals surface area (Å²) in [5, 5.41) is 18.5. The maximum atomic E-state index is 5.29. The van der Waals surface area contributed by atoms with Gasteiger partial charge in [0.25, 0.3) is 0 Å². The summed E-state index contributed by atoms with van der Waals surface area (Å²) in [5.74, 6) is 0. The quantitative estimate of drug-likeness (QED) is 0.200. The number of fused-ring (bicyclic) bond motifs is 7.